The van der Waals surface area contributed by atoms with Gasteiger partial charge >= 0.3 is 6.03 Å². The number of rotatable bonds is 6. The van der Waals surface area contributed by atoms with Gasteiger partial charge in [0.15, 0.2) is 0 Å². The Kier molecular flexibility index (Phi) is 8.05. The zero-order chi connectivity index (χ0) is 27.6. The lowest BCUT2D eigenvalue weighted by atomic mass is 9.84. The number of nitrogens with zero attached hydrogens (tertiary/aromatic N) is 4. The maximum absolute atomic E-state index is 13.1. The van der Waals surface area contributed by atoms with Crippen molar-refractivity contribution < 1.29 is 4.79 Å². The molecule has 2 aromatic heterocycles. The summed E-state index contributed by atoms with van der Waals surface area (Å²) in [5.41, 5.74) is 2.73. The van der Waals surface area contributed by atoms with Crippen molar-refractivity contribution in [1.29, 1.82) is 0 Å². The van der Waals surface area contributed by atoms with E-state index >= 15 is 0 Å². The fourth-order valence-corrected chi connectivity index (χ4v) is 8.92. The summed E-state index contributed by atoms with van der Waals surface area (Å²) >= 11 is 3.67. The van der Waals surface area contributed by atoms with Gasteiger partial charge < -0.3 is 20.0 Å². The van der Waals surface area contributed by atoms with Crippen LogP contribution in [0.5, 0.6) is 0 Å². The van der Waals surface area contributed by atoms with Crippen LogP contribution in [0.25, 0.3) is 20.2 Å². The molecule has 2 aromatic carbocycles. The molecule has 6 nitrogen and oxygen atoms in total. The van der Waals surface area contributed by atoms with E-state index in [4.69, 9.17) is 0 Å². The number of nitrogens with one attached hydrogen (secondary N) is 1. The SMILES string of the molecule is O=C(NC1CCC(CCN2CCN(c3cccc4ccsc34)CC2)CC1)N1CCN(c2cccc3ccsc23)CC1. The highest BCUT2D eigenvalue weighted by Crippen LogP contribution is 2.33. The van der Waals surface area contributed by atoms with Gasteiger partial charge in [-0.2, -0.15) is 0 Å². The van der Waals surface area contributed by atoms with E-state index in [9.17, 15) is 4.79 Å². The molecule has 1 saturated carbocycles. The zero-order valence-corrected chi connectivity index (χ0v) is 25.5. The van der Waals surface area contributed by atoms with Crippen LogP contribution in [0.2, 0.25) is 0 Å². The highest BCUT2D eigenvalue weighted by atomic mass is 32.1. The third-order valence-corrected chi connectivity index (χ3v) is 11.5. The molecule has 8 heteroatoms. The van der Waals surface area contributed by atoms with Gasteiger partial charge in [0.05, 0.1) is 20.8 Å². The molecule has 0 spiro atoms. The Morgan fingerprint density at radius 1 is 0.707 bits per heavy atom. The lowest BCUT2D eigenvalue weighted by Crippen LogP contribution is -2.54. The molecule has 1 N–H and O–H groups in total. The van der Waals surface area contributed by atoms with E-state index in [0.717, 1.165) is 71.1 Å². The van der Waals surface area contributed by atoms with Gasteiger partial charge in [-0.1, -0.05) is 24.3 Å². The lowest BCUT2D eigenvalue weighted by Gasteiger charge is -2.38. The number of piperazine rings is 2. The average Bonchev–Trinajstić information content (AvgIpc) is 3.71. The number of carbonyl (C=O) groups is 1. The molecule has 3 fully saturated rings. The fourth-order valence-electron chi connectivity index (χ4n) is 7.04. The molecule has 0 unspecified atom stereocenters. The van der Waals surface area contributed by atoms with Gasteiger partial charge in [0.1, 0.15) is 0 Å². The van der Waals surface area contributed by atoms with Crippen molar-refractivity contribution in [3.63, 3.8) is 0 Å². The van der Waals surface area contributed by atoms with Gasteiger partial charge in [-0.3, -0.25) is 4.90 Å². The van der Waals surface area contributed by atoms with Crippen molar-refractivity contribution in [3.8, 4) is 0 Å². The van der Waals surface area contributed by atoms with Crippen molar-refractivity contribution in [2.24, 2.45) is 5.92 Å². The third kappa shape index (κ3) is 5.92. The molecular weight excluding hydrogens is 547 g/mol. The first-order chi connectivity index (χ1) is 20.2. The van der Waals surface area contributed by atoms with E-state index < -0.39 is 0 Å². The van der Waals surface area contributed by atoms with Crippen LogP contribution >= 0.6 is 22.7 Å². The Morgan fingerprint density at radius 2 is 1.27 bits per heavy atom. The Balaban J connectivity index is 0.811. The van der Waals surface area contributed by atoms with Crippen molar-refractivity contribution in [2.75, 3.05) is 68.7 Å². The Morgan fingerprint density at radius 3 is 1.85 bits per heavy atom. The largest absolute Gasteiger partial charge is 0.368 e. The summed E-state index contributed by atoms with van der Waals surface area (Å²) in [5.74, 6) is 0.796. The molecule has 3 aliphatic rings. The van der Waals surface area contributed by atoms with Crippen LogP contribution in [0.4, 0.5) is 16.2 Å². The standard InChI is InChI=1S/C33H41N5OS2/c39-33(38-21-19-37(20-22-38)30-6-2-4-27-13-24-41-32(27)30)34-28-9-7-25(8-10-28)11-14-35-15-17-36(18-16-35)29-5-1-3-26-12-23-40-31(26)29/h1-6,12-13,23-25,28H,7-11,14-22H2,(H,34,39). The Hall–Kier alpha value is -2.81. The number of hydrogen-bond acceptors (Lipinski definition) is 6. The Bertz CT molecular complexity index is 1460. The number of urea groups is 1. The lowest BCUT2D eigenvalue weighted by molar-refractivity contribution is 0.179. The first kappa shape index (κ1) is 27.0. The second-order valence-electron chi connectivity index (χ2n) is 12.0. The highest BCUT2D eigenvalue weighted by Gasteiger charge is 2.27. The maximum Gasteiger partial charge on any atom is 0.317 e. The summed E-state index contributed by atoms with van der Waals surface area (Å²) in [6.07, 6.45) is 6.01. The van der Waals surface area contributed by atoms with Crippen molar-refractivity contribution in [2.45, 2.75) is 38.1 Å². The summed E-state index contributed by atoms with van der Waals surface area (Å²) in [6.45, 7) is 9.14. The molecule has 4 heterocycles. The monoisotopic (exact) mass is 587 g/mol. The molecular formula is C33H41N5OS2. The molecule has 0 atom stereocenters. The average molecular weight is 588 g/mol. The molecule has 0 radical (unpaired) electrons. The summed E-state index contributed by atoms with van der Waals surface area (Å²) in [4.78, 5) is 22.8. The molecule has 2 amide bonds. The molecule has 4 aromatic rings. The van der Waals surface area contributed by atoms with Crippen molar-refractivity contribution in [1.82, 2.24) is 15.1 Å². The Labute approximate surface area is 251 Å². The van der Waals surface area contributed by atoms with Crippen LogP contribution in [0, 0.1) is 5.92 Å². The van der Waals surface area contributed by atoms with E-state index in [-0.39, 0.29) is 6.03 Å². The minimum atomic E-state index is 0.138. The fraction of sp³-hybridized carbons (Fsp3) is 0.485. The van der Waals surface area contributed by atoms with Crippen LogP contribution in [-0.2, 0) is 0 Å². The maximum atomic E-state index is 13.1. The van der Waals surface area contributed by atoms with Gasteiger partial charge in [-0.05, 0) is 90.4 Å². The van der Waals surface area contributed by atoms with E-state index in [1.54, 1.807) is 0 Å². The zero-order valence-electron chi connectivity index (χ0n) is 23.8. The summed E-state index contributed by atoms with van der Waals surface area (Å²) in [6, 6.07) is 18.2. The first-order valence-electron chi connectivity index (χ1n) is 15.4. The topological polar surface area (TPSA) is 42.1 Å². The number of amides is 2. The van der Waals surface area contributed by atoms with Gasteiger partial charge in [0, 0.05) is 58.4 Å². The van der Waals surface area contributed by atoms with E-state index in [0.29, 0.717) is 6.04 Å². The number of fused-ring (bicyclic) bond motifs is 2. The first-order valence-corrected chi connectivity index (χ1v) is 17.2. The van der Waals surface area contributed by atoms with Crippen LogP contribution < -0.4 is 15.1 Å². The van der Waals surface area contributed by atoms with Crippen LogP contribution in [0.1, 0.15) is 32.1 Å². The predicted octanol–water partition coefficient (Wildman–Crippen LogP) is 6.72. The molecule has 41 heavy (non-hydrogen) atoms. The summed E-state index contributed by atoms with van der Waals surface area (Å²) < 4.78 is 2.79. The quantitative estimate of drug-likeness (QED) is 0.272. The van der Waals surface area contributed by atoms with Gasteiger partial charge in [0.25, 0.3) is 0 Å². The molecule has 2 saturated heterocycles. The number of anilines is 2. The van der Waals surface area contributed by atoms with E-state index in [1.165, 1.54) is 57.4 Å². The summed E-state index contributed by atoms with van der Waals surface area (Å²) in [7, 11) is 0. The van der Waals surface area contributed by atoms with Crippen molar-refractivity contribution in [3.05, 3.63) is 59.3 Å². The predicted molar refractivity (Wildman–Crippen MR) is 175 cm³/mol. The number of hydrogen-bond donors (Lipinski definition) is 1. The molecule has 7 rings (SSSR count). The highest BCUT2D eigenvalue weighted by molar-refractivity contribution is 7.18. The van der Waals surface area contributed by atoms with E-state index in [2.05, 4.69) is 79.3 Å². The van der Waals surface area contributed by atoms with Gasteiger partial charge in [-0.25, -0.2) is 4.79 Å². The molecule has 1 aliphatic carbocycles. The second-order valence-corrected chi connectivity index (χ2v) is 13.8. The number of thiophene rings is 2. The van der Waals surface area contributed by atoms with Gasteiger partial charge in [-0.15, -0.1) is 22.7 Å². The molecule has 2 aliphatic heterocycles. The van der Waals surface area contributed by atoms with Gasteiger partial charge in [0.2, 0.25) is 0 Å². The number of carbonyl (C=O) groups excluding carboxylic acids is 1. The van der Waals surface area contributed by atoms with Crippen LogP contribution in [0.15, 0.2) is 59.3 Å². The summed E-state index contributed by atoms with van der Waals surface area (Å²) in [5, 5.41) is 10.4. The normalized spacial score (nSPS) is 22.5. The van der Waals surface area contributed by atoms with Crippen LogP contribution in [-0.4, -0.2) is 80.8 Å². The third-order valence-electron chi connectivity index (χ3n) is 9.56. The minimum Gasteiger partial charge on any atom is -0.368 e. The second kappa shape index (κ2) is 12.2. The number of benzene rings is 2. The van der Waals surface area contributed by atoms with Crippen molar-refractivity contribution >= 4 is 60.3 Å². The van der Waals surface area contributed by atoms with Crippen LogP contribution in [0.3, 0.4) is 0 Å². The molecule has 216 valence electrons. The minimum absolute atomic E-state index is 0.138. The molecule has 0 bridgehead atoms. The van der Waals surface area contributed by atoms with E-state index in [1.807, 2.05) is 27.6 Å². The smallest absolute Gasteiger partial charge is 0.317 e.